The number of nitrogens with one attached hydrogen (secondary N) is 2. The van der Waals surface area contributed by atoms with Gasteiger partial charge in [-0.15, -0.1) is 0 Å². The number of rotatable bonds is 6. The molecule has 10 nitrogen and oxygen atoms in total. The van der Waals surface area contributed by atoms with Gasteiger partial charge in [-0.2, -0.15) is 10.2 Å². The number of nitrogens with zero attached hydrogens (tertiary/aromatic N) is 4. The van der Waals surface area contributed by atoms with Gasteiger partial charge in [0.05, 0.1) is 12.2 Å². The molecule has 0 radical (unpaired) electrons. The SMILES string of the molecule is CNC(=O)c1nn(C)cc1NC(=O)CCn1nccc1C(=O)O. The van der Waals surface area contributed by atoms with Crippen molar-refractivity contribution in [1.29, 1.82) is 0 Å². The van der Waals surface area contributed by atoms with Crippen molar-refractivity contribution in [1.82, 2.24) is 24.9 Å². The van der Waals surface area contributed by atoms with Crippen LogP contribution in [0, 0.1) is 0 Å². The molecule has 0 saturated heterocycles. The van der Waals surface area contributed by atoms with Crippen LogP contribution < -0.4 is 10.6 Å². The zero-order valence-corrected chi connectivity index (χ0v) is 12.6. The molecular formula is C13H16N6O4. The Bertz CT molecular complexity index is 747. The second-order valence-electron chi connectivity index (χ2n) is 4.69. The molecule has 0 fully saturated rings. The molecule has 2 amide bonds. The number of carboxylic acid groups (broad SMARTS) is 1. The van der Waals surface area contributed by atoms with Crippen LogP contribution in [0.1, 0.15) is 27.4 Å². The highest BCUT2D eigenvalue weighted by molar-refractivity contribution is 6.02. The highest BCUT2D eigenvalue weighted by Crippen LogP contribution is 2.13. The van der Waals surface area contributed by atoms with Crippen molar-refractivity contribution < 1.29 is 19.5 Å². The Balaban J connectivity index is 2.02. The third kappa shape index (κ3) is 3.73. The van der Waals surface area contributed by atoms with Crippen molar-refractivity contribution in [3.05, 3.63) is 29.8 Å². The van der Waals surface area contributed by atoms with Crippen molar-refractivity contribution in [3.63, 3.8) is 0 Å². The monoisotopic (exact) mass is 320 g/mol. The summed E-state index contributed by atoms with van der Waals surface area (Å²) < 4.78 is 2.64. The van der Waals surface area contributed by atoms with Crippen LogP contribution in [0.3, 0.4) is 0 Å². The number of hydrogen-bond acceptors (Lipinski definition) is 5. The van der Waals surface area contributed by atoms with Gasteiger partial charge in [-0.05, 0) is 6.07 Å². The number of carbonyl (C=O) groups is 3. The van der Waals surface area contributed by atoms with Gasteiger partial charge in [-0.3, -0.25) is 19.0 Å². The Morgan fingerprint density at radius 2 is 2.09 bits per heavy atom. The van der Waals surface area contributed by atoms with Crippen LogP contribution in [0.5, 0.6) is 0 Å². The van der Waals surface area contributed by atoms with E-state index in [4.69, 9.17) is 5.11 Å². The highest BCUT2D eigenvalue weighted by Gasteiger charge is 2.17. The Kier molecular flexibility index (Phi) is 4.74. The molecule has 10 heteroatoms. The minimum Gasteiger partial charge on any atom is -0.477 e. The molecule has 0 aliphatic heterocycles. The quantitative estimate of drug-likeness (QED) is 0.670. The number of anilines is 1. The van der Waals surface area contributed by atoms with Crippen molar-refractivity contribution >= 4 is 23.5 Å². The van der Waals surface area contributed by atoms with E-state index < -0.39 is 11.9 Å². The number of carbonyl (C=O) groups excluding carboxylic acids is 2. The van der Waals surface area contributed by atoms with E-state index in [1.165, 1.54) is 34.9 Å². The van der Waals surface area contributed by atoms with Crippen LogP contribution in [0.4, 0.5) is 5.69 Å². The predicted octanol–water partition coefficient (Wildman–Crippen LogP) is -0.297. The molecule has 122 valence electrons. The number of amides is 2. The Labute approximate surface area is 131 Å². The van der Waals surface area contributed by atoms with Gasteiger partial charge in [-0.25, -0.2) is 4.79 Å². The molecule has 2 rings (SSSR count). The van der Waals surface area contributed by atoms with E-state index in [0.29, 0.717) is 0 Å². The number of hydrogen-bond donors (Lipinski definition) is 3. The van der Waals surface area contributed by atoms with Gasteiger partial charge in [0.2, 0.25) is 5.91 Å². The highest BCUT2D eigenvalue weighted by atomic mass is 16.4. The maximum Gasteiger partial charge on any atom is 0.354 e. The molecule has 0 spiro atoms. The average Bonchev–Trinajstić information content (AvgIpc) is 3.11. The summed E-state index contributed by atoms with van der Waals surface area (Å²) in [5, 5.41) is 21.8. The summed E-state index contributed by atoms with van der Waals surface area (Å²) in [6.45, 7) is 0.107. The molecule has 23 heavy (non-hydrogen) atoms. The average molecular weight is 320 g/mol. The van der Waals surface area contributed by atoms with E-state index in [9.17, 15) is 14.4 Å². The molecule has 2 aromatic rings. The lowest BCUT2D eigenvalue weighted by atomic mass is 10.3. The van der Waals surface area contributed by atoms with E-state index in [1.807, 2.05) is 0 Å². The summed E-state index contributed by atoms with van der Waals surface area (Å²) in [6.07, 6.45) is 2.87. The summed E-state index contributed by atoms with van der Waals surface area (Å²) >= 11 is 0. The molecule has 3 N–H and O–H groups in total. The van der Waals surface area contributed by atoms with E-state index in [-0.39, 0.29) is 35.9 Å². The number of aromatic carboxylic acids is 1. The molecule has 2 aromatic heterocycles. The maximum absolute atomic E-state index is 12.0. The first kappa shape index (κ1) is 16.2. The second-order valence-corrected chi connectivity index (χ2v) is 4.69. The number of carboxylic acids is 1. The summed E-state index contributed by atoms with van der Waals surface area (Å²) in [6, 6.07) is 1.35. The van der Waals surface area contributed by atoms with E-state index in [1.54, 1.807) is 7.05 Å². The van der Waals surface area contributed by atoms with Gasteiger partial charge in [-0.1, -0.05) is 0 Å². The minimum atomic E-state index is -1.11. The van der Waals surface area contributed by atoms with Crippen molar-refractivity contribution in [3.8, 4) is 0 Å². The largest absolute Gasteiger partial charge is 0.477 e. The van der Waals surface area contributed by atoms with Gasteiger partial charge in [0, 0.05) is 32.9 Å². The first-order chi connectivity index (χ1) is 10.9. The normalized spacial score (nSPS) is 10.3. The molecule has 0 unspecified atom stereocenters. The number of aromatic nitrogens is 4. The molecule has 0 aliphatic rings. The Hall–Kier alpha value is -3.17. The lowest BCUT2D eigenvalue weighted by Gasteiger charge is -2.06. The van der Waals surface area contributed by atoms with Crippen LogP contribution in [0.15, 0.2) is 18.5 Å². The van der Waals surface area contributed by atoms with Crippen molar-refractivity contribution in [2.75, 3.05) is 12.4 Å². The fraction of sp³-hybridized carbons (Fsp3) is 0.308. The van der Waals surface area contributed by atoms with Crippen LogP contribution in [-0.4, -0.2) is 49.5 Å². The number of aryl methyl sites for hydroxylation is 2. The van der Waals surface area contributed by atoms with Gasteiger partial charge < -0.3 is 15.7 Å². The second kappa shape index (κ2) is 6.73. The fourth-order valence-electron chi connectivity index (χ4n) is 1.98. The third-order valence-corrected chi connectivity index (χ3v) is 3.03. The van der Waals surface area contributed by atoms with Crippen LogP contribution in [-0.2, 0) is 18.4 Å². The molecule has 0 aromatic carbocycles. The van der Waals surface area contributed by atoms with E-state index in [0.717, 1.165) is 0 Å². The molecule has 0 bridgehead atoms. The Morgan fingerprint density at radius 3 is 2.74 bits per heavy atom. The van der Waals surface area contributed by atoms with Gasteiger partial charge >= 0.3 is 5.97 Å². The smallest absolute Gasteiger partial charge is 0.354 e. The molecular weight excluding hydrogens is 304 g/mol. The van der Waals surface area contributed by atoms with Gasteiger partial charge in [0.15, 0.2) is 5.69 Å². The van der Waals surface area contributed by atoms with E-state index >= 15 is 0 Å². The fourth-order valence-corrected chi connectivity index (χ4v) is 1.98. The zero-order valence-electron chi connectivity index (χ0n) is 12.6. The van der Waals surface area contributed by atoms with Crippen LogP contribution >= 0.6 is 0 Å². The summed E-state index contributed by atoms with van der Waals surface area (Å²) in [7, 11) is 3.10. The standard InChI is InChI=1S/C13H16N6O4/c1-14-12(21)11-8(7-18(2)17-11)16-10(20)4-6-19-9(13(22)23)3-5-15-19/h3,5,7H,4,6H2,1-2H3,(H,14,21)(H,16,20)(H,22,23). The third-order valence-electron chi connectivity index (χ3n) is 3.03. The first-order valence-corrected chi connectivity index (χ1v) is 6.73. The van der Waals surface area contributed by atoms with Gasteiger partial charge in [0.25, 0.3) is 5.91 Å². The lowest BCUT2D eigenvalue weighted by molar-refractivity contribution is -0.116. The summed E-state index contributed by atoms with van der Waals surface area (Å²) in [5.74, 6) is -1.91. The Morgan fingerprint density at radius 1 is 1.35 bits per heavy atom. The van der Waals surface area contributed by atoms with Crippen LogP contribution in [0.25, 0.3) is 0 Å². The topological polar surface area (TPSA) is 131 Å². The van der Waals surface area contributed by atoms with Crippen molar-refractivity contribution in [2.45, 2.75) is 13.0 Å². The molecule has 2 heterocycles. The zero-order chi connectivity index (χ0) is 17.0. The van der Waals surface area contributed by atoms with Crippen LogP contribution in [0.2, 0.25) is 0 Å². The predicted molar refractivity (Wildman–Crippen MR) is 79.0 cm³/mol. The minimum absolute atomic E-state index is 0.00401. The van der Waals surface area contributed by atoms with Crippen molar-refractivity contribution in [2.24, 2.45) is 7.05 Å². The lowest BCUT2D eigenvalue weighted by Crippen LogP contribution is -2.22. The summed E-state index contributed by atoms with van der Waals surface area (Å²) in [4.78, 5) is 34.6. The van der Waals surface area contributed by atoms with E-state index in [2.05, 4.69) is 20.8 Å². The molecule has 0 saturated carbocycles. The van der Waals surface area contributed by atoms with Gasteiger partial charge in [0.1, 0.15) is 5.69 Å². The summed E-state index contributed by atoms with van der Waals surface area (Å²) in [5.41, 5.74) is 0.398. The first-order valence-electron chi connectivity index (χ1n) is 6.73. The maximum atomic E-state index is 12.0. The molecule has 0 atom stereocenters. The molecule has 0 aliphatic carbocycles.